The second-order valence-corrected chi connectivity index (χ2v) is 6.43. The molecule has 0 unspecified atom stereocenters. The number of nitrogens with zero attached hydrogens (tertiary/aromatic N) is 2. The third-order valence-electron chi connectivity index (χ3n) is 3.03. The summed E-state index contributed by atoms with van der Waals surface area (Å²) in [5.41, 5.74) is 6.35. The minimum atomic E-state index is -0.191. The SMILES string of the molecule is CSCCN=C1NN=C(c2ccc3[nH]c(=O)[nH]c3c2)CS1. The number of aromatic amines is 2. The fourth-order valence-corrected chi connectivity index (χ4v) is 3.07. The van der Waals surface area contributed by atoms with Gasteiger partial charge in [0.1, 0.15) is 0 Å². The molecule has 0 radical (unpaired) electrons. The van der Waals surface area contributed by atoms with Crippen molar-refractivity contribution in [2.75, 3.05) is 24.3 Å². The molecule has 1 aliphatic heterocycles. The first kappa shape index (κ1) is 14.3. The van der Waals surface area contributed by atoms with E-state index in [1.165, 1.54) is 0 Å². The highest BCUT2D eigenvalue weighted by Crippen LogP contribution is 2.16. The molecule has 0 aliphatic carbocycles. The van der Waals surface area contributed by atoms with Crippen LogP contribution in [0.2, 0.25) is 0 Å². The van der Waals surface area contributed by atoms with Gasteiger partial charge in [-0.25, -0.2) is 4.79 Å². The minimum Gasteiger partial charge on any atom is -0.306 e. The van der Waals surface area contributed by atoms with Gasteiger partial charge < -0.3 is 9.97 Å². The number of amidine groups is 1. The summed E-state index contributed by atoms with van der Waals surface area (Å²) in [6.07, 6.45) is 2.07. The van der Waals surface area contributed by atoms with Crippen molar-refractivity contribution in [2.24, 2.45) is 10.1 Å². The fourth-order valence-electron chi connectivity index (χ4n) is 2.00. The Morgan fingerprint density at radius 2 is 2.24 bits per heavy atom. The number of aliphatic imine (C=N–C) groups is 1. The van der Waals surface area contributed by atoms with Crippen LogP contribution < -0.4 is 11.1 Å². The molecule has 21 heavy (non-hydrogen) atoms. The lowest BCUT2D eigenvalue weighted by Gasteiger charge is -2.14. The largest absolute Gasteiger partial charge is 0.323 e. The summed E-state index contributed by atoms with van der Waals surface area (Å²) in [4.78, 5) is 21.2. The van der Waals surface area contributed by atoms with Crippen LogP contribution in [0.4, 0.5) is 0 Å². The van der Waals surface area contributed by atoms with Crippen LogP contribution in [0.5, 0.6) is 0 Å². The van der Waals surface area contributed by atoms with E-state index in [-0.39, 0.29) is 5.69 Å². The average Bonchev–Trinajstić information content (AvgIpc) is 2.87. The number of hydrazone groups is 1. The molecule has 0 spiro atoms. The van der Waals surface area contributed by atoms with E-state index >= 15 is 0 Å². The van der Waals surface area contributed by atoms with Crippen molar-refractivity contribution in [1.29, 1.82) is 0 Å². The molecule has 2 heterocycles. The molecule has 1 aromatic heterocycles. The van der Waals surface area contributed by atoms with Gasteiger partial charge in [-0.05, 0) is 18.4 Å². The molecular weight excluding hydrogens is 306 g/mol. The summed E-state index contributed by atoms with van der Waals surface area (Å²) in [6, 6.07) is 5.78. The van der Waals surface area contributed by atoms with Crippen molar-refractivity contribution in [3.8, 4) is 0 Å². The Balaban J connectivity index is 1.77. The van der Waals surface area contributed by atoms with Gasteiger partial charge in [0.05, 0.1) is 23.3 Å². The van der Waals surface area contributed by atoms with Gasteiger partial charge in [0.15, 0.2) is 5.17 Å². The lowest BCUT2D eigenvalue weighted by Crippen LogP contribution is -2.25. The van der Waals surface area contributed by atoms with E-state index < -0.39 is 0 Å². The first-order chi connectivity index (χ1) is 10.3. The van der Waals surface area contributed by atoms with Crippen molar-refractivity contribution < 1.29 is 0 Å². The van der Waals surface area contributed by atoms with Crippen molar-refractivity contribution in [3.63, 3.8) is 0 Å². The van der Waals surface area contributed by atoms with Crippen LogP contribution in [0.3, 0.4) is 0 Å². The van der Waals surface area contributed by atoms with Crippen molar-refractivity contribution in [2.45, 2.75) is 0 Å². The van der Waals surface area contributed by atoms with Gasteiger partial charge in [0.2, 0.25) is 0 Å². The van der Waals surface area contributed by atoms with Gasteiger partial charge in [-0.1, -0.05) is 17.8 Å². The van der Waals surface area contributed by atoms with E-state index in [1.807, 2.05) is 18.2 Å². The van der Waals surface area contributed by atoms with E-state index in [2.05, 4.69) is 31.7 Å². The van der Waals surface area contributed by atoms with E-state index in [0.717, 1.165) is 45.5 Å². The van der Waals surface area contributed by atoms with E-state index in [9.17, 15) is 4.79 Å². The Bertz CT molecular complexity index is 761. The smallest absolute Gasteiger partial charge is 0.306 e. The Labute approximate surface area is 129 Å². The van der Waals surface area contributed by atoms with E-state index in [4.69, 9.17) is 0 Å². The monoisotopic (exact) mass is 321 g/mol. The van der Waals surface area contributed by atoms with Crippen LogP contribution >= 0.6 is 23.5 Å². The zero-order valence-corrected chi connectivity index (χ0v) is 13.1. The highest BCUT2D eigenvalue weighted by atomic mass is 32.2. The third-order valence-corrected chi connectivity index (χ3v) is 4.53. The molecular formula is C13H15N5OS2. The highest BCUT2D eigenvalue weighted by Gasteiger charge is 2.13. The van der Waals surface area contributed by atoms with Crippen molar-refractivity contribution in [1.82, 2.24) is 15.4 Å². The first-order valence-electron chi connectivity index (χ1n) is 6.47. The van der Waals surface area contributed by atoms with Gasteiger partial charge in [0.25, 0.3) is 0 Å². The molecule has 8 heteroatoms. The van der Waals surface area contributed by atoms with Crippen molar-refractivity contribution >= 4 is 45.4 Å². The molecule has 0 fully saturated rings. The molecule has 1 aliphatic rings. The summed E-state index contributed by atoms with van der Waals surface area (Å²) in [7, 11) is 0. The Morgan fingerprint density at radius 3 is 3.00 bits per heavy atom. The van der Waals surface area contributed by atoms with E-state index in [0.29, 0.717) is 0 Å². The molecule has 3 rings (SSSR count). The highest BCUT2D eigenvalue weighted by molar-refractivity contribution is 8.14. The molecule has 0 saturated heterocycles. The van der Waals surface area contributed by atoms with Crippen LogP contribution in [-0.4, -0.2) is 45.2 Å². The summed E-state index contributed by atoms with van der Waals surface area (Å²) >= 11 is 3.43. The average molecular weight is 321 g/mol. The molecule has 1 aromatic carbocycles. The lowest BCUT2D eigenvalue weighted by molar-refractivity contribution is 1.01. The summed E-state index contributed by atoms with van der Waals surface area (Å²) in [6.45, 7) is 0.803. The zero-order chi connectivity index (χ0) is 14.7. The molecule has 0 atom stereocenters. The van der Waals surface area contributed by atoms with Gasteiger partial charge in [-0.2, -0.15) is 16.9 Å². The Morgan fingerprint density at radius 1 is 1.38 bits per heavy atom. The zero-order valence-electron chi connectivity index (χ0n) is 11.5. The lowest BCUT2D eigenvalue weighted by atomic mass is 10.1. The molecule has 2 aromatic rings. The number of thioether (sulfide) groups is 2. The number of hydrogen-bond acceptors (Lipinski definition) is 5. The maximum absolute atomic E-state index is 11.3. The molecule has 3 N–H and O–H groups in total. The molecule has 0 bridgehead atoms. The van der Waals surface area contributed by atoms with Gasteiger partial charge in [-0.3, -0.25) is 10.4 Å². The number of rotatable bonds is 4. The normalized spacial score (nSPS) is 17.0. The topological polar surface area (TPSA) is 85.4 Å². The second kappa shape index (κ2) is 6.40. The van der Waals surface area contributed by atoms with Gasteiger partial charge >= 0.3 is 5.69 Å². The predicted octanol–water partition coefficient (Wildman–Crippen LogP) is 1.62. The Hall–Kier alpha value is -1.67. The number of fused-ring (bicyclic) bond motifs is 1. The van der Waals surface area contributed by atoms with E-state index in [1.54, 1.807) is 23.5 Å². The van der Waals surface area contributed by atoms with Crippen LogP contribution in [0, 0.1) is 0 Å². The van der Waals surface area contributed by atoms with Crippen LogP contribution in [0.1, 0.15) is 5.56 Å². The van der Waals surface area contributed by atoms with Crippen molar-refractivity contribution in [3.05, 3.63) is 34.2 Å². The minimum absolute atomic E-state index is 0.191. The molecule has 110 valence electrons. The van der Waals surface area contributed by atoms with Gasteiger partial charge in [0, 0.05) is 17.1 Å². The fraction of sp³-hybridized carbons (Fsp3) is 0.308. The summed E-state index contributed by atoms with van der Waals surface area (Å²) in [5, 5.41) is 5.24. The van der Waals surface area contributed by atoms with Crippen LogP contribution in [-0.2, 0) is 0 Å². The molecule has 0 amide bonds. The summed E-state index contributed by atoms with van der Waals surface area (Å²) < 4.78 is 0. The predicted molar refractivity (Wildman–Crippen MR) is 91.7 cm³/mol. The van der Waals surface area contributed by atoms with Crippen LogP contribution in [0.25, 0.3) is 11.0 Å². The standard InChI is InChI=1S/C13H15N5OS2/c1-20-5-4-14-13-18-17-11(7-21-13)8-2-3-9-10(6-8)16-12(19)15-9/h2-3,6H,4-5,7H2,1H3,(H,14,18)(H2,15,16,19). The second-order valence-electron chi connectivity index (χ2n) is 4.48. The first-order valence-corrected chi connectivity index (χ1v) is 8.85. The number of imidazole rings is 1. The quantitative estimate of drug-likeness (QED) is 0.747. The number of aromatic nitrogens is 2. The molecule has 6 nitrogen and oxygen atoms in total. The number of benzene rings is 1. The third kappa shape index (κ3) is 3.33. The number of nitrogens with one attached hydrogen (secondary N) is 3. The summed E-state index contributed by atoms with van der Waals surface area (Å²) in [5.74, 6) is 1.78. The molecule has 0 saturated carbocycles. The van der Waals surface area contributed by atoms with Crippen LogP contribution in [0.15, 0.2) is 33.1 Å². The number of H-pyrrole nitrogens is 2. The maximum atomic E-state index is 11.3. The Kier molecular flexibility index (Phi) is 4.35. The maximum Gasteiger partial charge on any atom is 0.323 e. The number of hydrogen-bond donors (Lipinski definition) is 3. The van der Waals surface area contributed by atoms with Gasteiger partial charge in [-0.15, -0.1) is 0 Å².